The molecule has 136 valence electrons. The molecule has 1 fully saturated rings. The first-order valence-electron chi connectivity index (χ1n) is 8.28. The summed E-state index contributed by atoms with van der Waals surface area (Å²) in [4.78, 5) is 30.2. The minimum atomic E-state index is -0.509. The number of fused-ring (bicyclic) bond motifs is 1. The van der Waals surface area contributed by atoms with E-state index in [1.54, 1.807) is 10.4 Å². The molecule has 0 aliphatic carbocycles. The van der Waals surface area contributed by atoms with Crippen molar-refractivity contribution in [2.24, 2.45) is 0 Å². The number of nitrogen functional groups attached to an aromatic ring is 1. The van der Waals surface area contributed by atoms with Crippen LogP contribution in [0.1, 0.15) is 34.6 Å². The van der Waals surface area contributed by atoms with Crippen LogP contribution in [0.15, 0.2) is 5.51 Å². The molecule has 2 atom stereocenters. The number of ether oxygens (including phenoxy) is 1. The van der Waals surface area contributed by atoms with Crippen molar-refractivity contribution in [1.82, 2.24) is 19.9 Å². The molecule has 0 bridgehead atoms. The summed E-state index contributed by atoms with van der Waals surface area (Å²) in [6.45, 7) is 10.9. The van der Waals surface area contributed by atoms with Gasteiger partial charge in [0.25, 0.3) is 0 Å². The first-order valence-corrected chi connectivity index (χ1v) is 9.16. The summed E-state index contributed by atoms with van der Waals surface area (Å²) in [5.74, 6) is 0.966. The van der Waals surface area contributed by atoms with Gasteiger partial charge in [0, 0.05) is 25.2 Å². The van der Waals surface area contributed by atoms with E-state index in [1.807, 2.05) is 27.7 Å². The van der Waals surface area contributed by atoms with Crippen LogP contribution in [0, 0.1) is 0 Å². The van der Waals surface area contributed by atoms with Crippen molar-refractivity contribution in [2.45, 2.75) is 52.3 Å². The fourth-order valence-corrected chi connectivity index (χ4v) is 3.62. The van der Waals surface area contributed by atoms with Crippen molar-refractivity contribution in [3.63, 3.8) is 0 Å². The molecule has 8 nitrogen and oxygen atoms in total. The zero-order chi connectivity index (χ0) is 18.4. The molecule has 9 heteroatoms. The molecule has 0 unspecified atom stereocenters. The third-order valence-corrected chi connectivity index (χ3v) is 4.80. The lowest BCUT2D eigenvalue weighted by Gasteiger charge is -2.44. The van der Waals surface area contributed by atoms with Gasteiger partial charge in [-0.3, -0.25) is 0 Å². The number of hydrogen-bond donors (Lipinski definition) is 1. The van der Waals surface area contributed by atoms with Gasteiger partial charge in [-0.25, -0.2) is 14.8 Å². The number of nitrogens with zero attached hydrogens (tertiary/aromatic N) is 5. The van der Waals surface area contributed by atoms with Crippen LogP contribution in [0.4, 0.5) is 16.6 Å². The highest BCUT2D eigenvalue weighted by Gasteiger charge is 2.36. The predicted octanol–water partition coefficient (Wildman–Crippen LogP) is 2.50. The number of nitrogens with two attached hydrogens (primary N) is 1. The van der Waals surface area contributed by atoms with E-state index in [2.05, 4.69) is 26.8 Å². The SMILES string of the molecule is C[C@@H]1CN(c2nc(N)nc3scnc23)[C@@H](C)CN1C(=O)OC(C)(C)C. The van der Waals surface area contributed by atoms with E-state index in [0.717, 1.165) is 16.2 Å². The molecule has 0 spiro atoms. The van der Waals surface area contributed by atoms with Crippen LogP contribution in [0.5, 0.6) is 0 Å². The molecular formula is C16H24N6O2S. The normalized spacial score (nSPS) is 21.6. The van der Waals surface area contributed by atoms with Crippen LogP contribution in [0.25, 0.3) is 10.3 Å². The highest BCUT2D eigenvalue weighted by molar-refractivity contribution is 7.16. The van der Waals surface area contributed by atoms with Crippen molar-refractivity contribution in [3.05, 3.63) is 5.51 Å². The second-order valence-electron chi connectivity index (χ2n) is 7.39. The number of anilines is 2. The van der Waals surface area contributed by atoms with E-state index in [1.165, 1.54) is 11.3 Å². The maximum absolute atomic E-state index is 12.5. The minimum Gasteiger partial charge on any atom is -0.444 e. The maximum atomic E-state index is 12.5. The second kappa shape index (κ2) is 6.29. The second-order valence-corrected chi connectivity index (χ2v) is 8.23. The molecule has 1 aliphatic rings. The average molecular weight is 364 g/mol. The average Bonchev–Trinajstić information content (AvgIpc) is 2.94. The van der Waals surface area contributed by atoms with E-state index >= 15 is 0 Å². The van der Waals surface area contributed by atoms with E-state index in [9.17, 15) is 4.79 Å². The summed E-state index contributed by atoms with van der Waals surface area (Å²) in [6.07, 6.45) is -0.285. The molecular weight excluding hydrogens is 340 g/mol. The van der Waals surface area contributed by atoms with E-state index in [4.69, 9.17) is 10.5 Å². The lowest BCUT2D eigenvalue weighted by Crippen LogP contribution is -2.59. The molecule has 25 heavy (non-hydrogen) atoms. The topological polar surface area (TPSA) is 97.5 Å². The molecule has 1 saturated heterocycles. The molecule has 0 saturated carbocycles. The summed E-state index contributed by atoms with van der Waals surface area (Å²) in [7, 11) is 0. The van der Waals surface area contributed by atoms with Crippen LogP contribution in [0.2, 0.25) is 0 Å². The highest BCUT2D eigenvalue weighted by Crippen LogP contribution is 2.30. The monoisotopic (exact) mass is 364 g/mol. The van der Waals surface area contributed by atoms with Crippen molar-refractivity contribution < 1.29 is 9.53 Å². The molecule has 3 heterocycles. The number of piperazine rings is 1. The lowest BCUT2D eigenvalue weighted by atomic mass is 10.1. The van der Waals surface area contributed by atoms with Gasteiger partial charge in [-0.15, -0.1) is 11.3 Å². The maximum Gasteiger partial charge on any atom is 0.410 e. The largest absolute Gasteiger partial charge is 0.444 e. The Balaban J connectivity index is 1.85. The Morgan fingerprint density at radius 2 is 2.00 bits per heavy atom. The Hall–Kier alpha value is -2.16. The van der Waals surface area contributed by atoms with Crippen molar-refractivity contribution in [2.75, 3.05) is 23.7 Å². The number of thiazole rings is 1. The van der Waals surface area contributed by atoms with Gasteiger partial charge in [-0.1, -0.05) is 0 Å². The summed E-state index contributed by atoms with van der Waals surface area (Å²) >= 11 is 1.44. The molecule has 0 aromatic carbocycles. The van der Waals surface area contributed by atoms with Gasteiger partial charge in [0.15, 0.2) is 10.6 Å². The number of aromatic nitrogens is 3. The summed E-state index contributed by atoms with van der Waals surface area (Å²) in [6, 6.07) is 0.0406. The summed E-state index contributed by atoms with van der Waals surface area (Å²) in [5, 5.41) is 0. The van der Waals surface area contributed by atoms with Gasteiger partial charge in [0.1, 0.15) is 11.1 Å². The number of carbonyl (C=O) groups excluding carboxylic acids is 1. The molecule has 1 aliphatic heterocycles. The van der Waals surface area contributed by atoms with Crippen LogP contribution >= 0.6 is 11.3 Å². The Labute approximate surface area is 151 Å². The zero-order valence-electron chi connectivity index (χ0n) is 15.2. The Morgan fingerprint density at radius 3 is 2.68 bits per heavy atom. The fraction of sp³-hybridized carbons (Fsp3) is 0.625. The fourth-order valence-electron chi connectivity index (χ4n) is 2.96. The molecule has 1 amide bonds. The van der Waals surface area contributed by atoms with E-state index < -0.39 is 5.60 Å². The van der Waals surface area contributed by atoms with Gasteiger partial charge >= 0.3 is 6.09 Å². The Morgan fingerprint density at radius 1 is 1.28 bits per heavy atom. The van der Waals surface area contributed by atoms with Gasteiger partial charge in [0.2, 0.25) is 5.95 Å². The molecule has 3 rings (SSSR count). The third kappa shape index (κ3) is 3.60. The van der Waals surface area contributed by atoms with Gasteiger partial charge < -0.3 is 20.3 Å². The predicted molar refractivity (Wildman–Crippen MR) is 98.8 cm³/mol. The Kier molecular flexibility index (Phi) is 4.44. The molecule has 2 N–H and O–H groups in total. The molecule has 0 radical (unpaired) electrons. The number of hydrogen-bond acceptors (Lipinski definition) is 8. The van der Waals surface area contributed by atoms with Crippen LogP contribution < -0.4 is 10.6 Å². The van der Waals surface area contributed by atoms with Crippen LogP contribution in [-0.2, 0) is 4.74 Å². The first-order chi connectivity index (χ1) is 11.7. The smallest absolute Gasteiger partial charge is 0.410 e. The summed E-state index contributed by atoms with van der Waals surface area (Å²) in [5.41, 5.74) is 7.85. The van der Waals surface area contributed by atoms with Gasteiger partial charge in [-0.2, -0.15) is 4.98 Å². The third-order valence-electron chi connectivity index (χ3n) is 4.08. The summed E-state index contributed by atoms with van der Waals surface area (Å²) < 4.78 is 5.53. The van der Waals surface area contributed by atoms with Gasteiger partial charge in [-0.05, 0) is 34.6 Å². The van der Waals surface area contributed by atoms with Gasteiger partial charge in [0.05, 0.1) is 5.51 Å². The molecule has 2 aromatic rings. The number of carbonyl (C=O) groups is 1. The standard InChI is InChI=1S/C16H24N6O2S/c1-9-7-22(15(23)24-16(3,4)5)10(2)6-21(9)12-11-13(25-8-18-11)20-14(17)19-12/h8-10H,6-7H2,1-5H3,(H2,17,19,20)/t9-,10+/m0/s1. The van der Waals surface area contributed by atoms with Crippen molar-refractivity contribution >= 4 is 39.5 Å². The van der Waals surface area contributed by atoms with Crippen LogP contribution in [-0.4, -0.2) is 56.7 Å². The first kappa shape index (κ1) is 17.7. The van der Waals surface area contributed by atoms with E-state index in [0.29, 0.717) is 13.1 Å². The minimum absolute atomic E-state index is 0.0177. The zero-order valence-corrected chi connectivity index (χ0v) is 16.0. The number of amides is 1. The van der Waals surface area contributed by atoms with Crippen molar-refractivity contribution in [3.8, 4) is 0 Å². The number of rotatable bonds is 1. The van der Waals surface area contributed by atoms with Crippen LogP contribution in [0.3, 0.4) is 0 Å². The quantitative estimate of drug-likeness (QED) is 0.830. The molecule has 2 aromatic heterocycles. The lowest BCUT2D eigenvalue weighted by molar-refractivity contribution is 0.0130. The Bertz CT molecular complexity index is 787. The van der Waals surface area contributed by atoms with Crippen molar-refractivity contribution in [1.29, 1.82) is 0 Å². The highest BCUT2D eigenvalue weighted by atomic mass is 32.1. The van der Waals surface area contributed by atoms with E-state index in [-0.39, 0.29) is 24.1 Å².